The van der Waals surface area contributed by atoms with E-state index < -0.39 is 0 Å². The summed E-state index contributed by atoms with van der Waals surface area (Å²) in [5, 5.41) is 9.61. The van der Waals surface area contributed by atoms with Crippen LogP contribution in [0.5, 0.6) is 17.2 Å². The van der Waals surface area contributed by atoms with E-state index in [1.165, 1.54) is 19.2 Å². The number of hydrogen-bond donors (Lipinski definition) is 1. The molecule has 0 aliphatic carbocycles. The summed E-state index contributed by atoms with van der Waals surface area (Å²) < 4.78 is 10.4. The number of halogens is 1. The normalized spacial score (nSPS) is 9.93. The number of methoxy groups -OCH3 is 1. The third-order valence-electron chi connectivity index (χ3n) is 1.66. The Balaban J connectivity index is 2.99. The number of benzene rings is 1. The van der Waals surface area contributed by atoms with Gasteiger partial charge in [0.15, 0.2) is 11.5 Å². The summed E-state index contributed by atoms with van der Waals surface area (Å²) in [6.07, 6.45) is 0.889. The van der Waals surface area contributed by atoms with E-state index in [0.717, 1.165) is 6.42 Å². The molecule has 0 aliphatic rings. The van der Waals surface area contributed by atoms with Crippen LogP contribution in [-0.4, -0.2) is 18.8 Å². The Labute approximate surface area is 88.2 Å². The second kappa shape index (κ2) is 4.96. The van der Waals surface area contributed by atoms with Crippen molar-refractivity contribution >= 4 is 11.6 Å². The number of aromatic hydroxyl groups is 1. The van der Waals surface area contributed by atoms with E-state index in [0.29, 0.717) is 23.1 Å². The Bertz CT molecular complexity index is 312. The molecule has 14 heavy (non-hydrogen) atoms. The van der Waals surface area contributed by atoms with Crippen LogP contribution in [0.1, 0.15) is 13.3 Å². The minimum Gasteiger partial charge on any atom is -0.508 e. The van der Waals surface area contributed by atoms with Crippen molar-refractivity contribution in [3.05, 3.63) is 17.2 Å². The quantitative estimate of drug-likeness (QED) is 0.841. The van der Waals surface area contributed by atoms with Gasteiger partial charge in [-0.05, 0) is 6.42 Å². The zero-order valence-corrected chi connectivity index (χ0v) is 8.97. The van der Waals surface area contributed by atoms with Crippen LogP contribution < -0.4 is 9.47 Å². The van der Waals surface area contributed by atoms with Gasteiger partial charge in [0.2, 0.25) is 0 Å². The lowest BCUT2D eigenvalue weighted by atomic mass is 10.3. The average Bonchev–Trinajstić information content (AvgIpc) is 2.15. The summed E-state index contributed by atoms with van der Waals surface area (Å²) in [5.74, 6) is 0.993. The van der Waals surface area contributed by atoms with Crippen molar-refractivity contribution in [2.24, 2.45) is 0 Å². The van der Waals surface area contributed by atoms with E-state index in [2.05, 4.69) is 0 Å². The standard InChI is InChI=1S/C10H13ClO3/c1-3-4-14-10-8(11)5-7(12)6-9(10)13-2/h5-6,12H,3-4H2,1-2H3. The number of rotatable bonds is 4. The fraction of sp³-hybridized carbons (Fsp3) is 0.400. The Kier molecular flexibility index (Phi) is 3.89. The first-order chi connectivity index (χ1) is 6.69. The Morgan fingerprint density at radius 2 is 2.14 bits per heavy atom. The van der Waals surface area contributed by atoms with E-state index in [1.807, 2.05) is 6.92 Å². The molecule has 0 heterocycles. The minimum atomic E-state index is 0.0655. The van der Waals surface area contributed by atoms with Crippen LogP contribution >= 0.6 is 11.6 Å². The van der Waals surface area contributed by atoms with Gasteiger partial charge in [-0.3, -0.25) is 0 Å². The summed E-state index contributed by atoms with van der Waals surface area (Å²) >= 11 is 5.88. The van der Waals surface area contributed by atoms with Gasteiger partial charge >= 0.3 is 0 Å². The molecule has 0 spiro atoms. The second-order valence-corrected chi connectivity index (χ2v) is 3.21. The van der Waals surface area contributed by atoms with E-state index in [4.69, 9.17) is 21.1 Å². The molecular weight excluding hydrogens is 204 g/mol. The average molecular weight is 217 g/mol. The highest BCUT2D eigenvalue weighted by molar-refractivity contribution is 6.32. The van der Waals surface area contributed by atoms with Gasteiger partial charge < -0.3 is 14.6 Å². The summed E-state index contributed by atoms with van der Waals surface area (Å²) in [6, 6.07) is 2.89. The maximum absolute atomic E-state index is 9.25. The smallest absolute Gasteiger partial charge is 0.180 e. The highest BCUT2D eigenvalue weighted by Crippen LogP contribution is 2.38. The predicted molar refractivity (Wildman–Crippen MR) is 55.5 cm³/mol. The molecule has 0 aromatic heterocycles. The molecule has 0 radical (unpaired) electrons. The lowest BCUT2D eigenvalue weighted by molar-refractivity contribution is 0.293. The highest BCUT2D eigenvalue weighted by Gasteiger charge is 2.10. The second-order valence-electron chi connectivity index (χ2n) is 2.81. The monoisotopic (exact) mass is 216 g/mol. The minimum absolute atomic E-state index is 0.0655. The molecule has 0 bridgehead atoms. The van der Waals surface area contributed by atoms with Crippen molar-refractivity contribution in [3.8, 4) is 17.2 Å². The van der Waals surface area contributed by atoms with Crippen molar-refractivity contribution in [3.63, 3.8) is 0 Å². The SMILES string of the molecule is CCCOc1c(Cl)cc(O)cc1OC. The number of ether oxygens (including phenoxy) is 2. The van der Waals surface area contributed by atoms with Gasteiger partial charge in [0.25, 0.3) is 0 Å². The molecular formula is C10H13ClO3. The first-order valence-electron chi connectivity index (χ1n) is 4.38. The summed E-state index contributed by atoms with van der Waals surface area (Å²) in [5.41, 5.74) is 0. The zero-order valence-electron chi connectivity index (χ0n) is 8.21. The molecule has 1 rings (SSSR count). The summed E-state index contributed by atoms with van der Waals surface area (Å²) in [4.78, 5) is 0. The topological polar surface area (TPSA) is 38.7 Å². The number of phenolic OH excluding ortho intramolecular Hbond substituents is 1. The molecule has 3 nitrogen and oxygen atoms in total. The predicted octanol–water partition coefficient (Wildman–Crippen LogP) is 2.84. The van der Waals surface area contributed by atoms with Gasteiger partial charge in [0, 0.05) is 12.1 Å². The van der Waals surface area contributed by atoms with Crippen LogP contribution in [0.2, 0.25) is 5.02 Å². The largest absolute Gasteiger partial charge is 0.508 e. The summed E-state index contributed by atoms with van der Waals surface area (Å²) in [7, 11) is 1.50. The fourth-order valence-corrected chi connectivity index (χ4v) is 1.31. The number of hydrogen-bond acceptors (Lipinski definition) is 3. The third kappa shape index (κ3) is 2.45. The number of phenols is 1. The third-order valence-corrected chi connectivity index (χ3v) is 1.95. The van der Waals surface area contributed by atoms with Gasteiger partial charge in [0.1, 0.15) is 5.75 Å². The maximum Gasteiger partial charge on any atom is 0.180 e. The Morgan fingerprint density at radius 3 is 2.71 bits per heavy atom. The molecule has 0 fully saturated rings. The lowest BCUT2D eigenvalue weighted by Gasteiger charge is -2.11. The van der Waals surface area contributed by atoms with Crippen LogP contribution in [-0.2, 0) is 0 Å². The van der Waals surface area contributed by atoms with Gasteiger partial charge in [-0.25, -0.2) is 0 Å². The molecule has 1 N–H and O–H groups in total. The molecule has 4 heteroatoms. The molecule has 0 atom stereocenters. The van der Waals surface area contributed by atoms with E-state index >= 15 is 0 Å². The molecule has 0 unspecified atom stereocenters. The Hall–Kier alpha value is -1.09. The summed E-state index contributed by atoms with van der Waals surface area (Å²) in [6.45, 7) is 2.57. The van der Waals surface area contributed by atoms with Gasteiger partial charge in [0.05, 0.1) is 18.7 Å². The zero-order chi connectivity index (χ0) is 10.6. The van der Waals surface area contributed by atoms with E-state index in [9.17, 15) is 5.11 Å². The highest BCUT2D eigenvalue weighted by atomic mass is 35.5. The van der Waals surface area contributed by atoms with Crippen molar-refractivity contribution in [1.82, 2.24) is 0 Å². The Morgan fingerprint density at radius 1 is 1.43 bits per heavy atom. The van der Waals surface area contributed by atoms with E-state index in [1.54, 1.807) is 0 Å². The van der Waals surface area contributed by atoms with Crippen LogP contribution in [0, 0.1) is 0 Å². The molecule has 0 saturated carbocycles. The molecule has 0 amide bonds. The maximum atomic E-state index is 9.25. The van der Waals surface area contributed by atoms with Crippen LogP contribution in [0.15, 0.2) is 12.1 Å². The van der Waals surface area contributed by atoms with Crippen molar-refractivity contribution in [2.75, 3.05) is 13.7 Å². The lowest BCUT2D eigenvalue weighted by Crippen LogP contribution is -1.98. The molecule has 1 aromatic rings. The molecule has 1 aromatic carbocycles. The molecule has 0 aliphatic heterocycles. The van der Waals surface area contributed by atoms with Crippen molar-refractivity contribution in [1.29, 1.82) is 0 Å². The van der Waals surface area contributed by atoms with Crippen LogP contribution in [0.4, 0.5) is 0 Å². The van der Waals surface area contributed by atoms with Gasteiger partial charge in [-0.2, -0.15) is 0 Å². The van der Waals surface area contributed by atoms with Crippen LogP contribution in [0.25, 0.3) is 0 Å². The molecule has 0 saturated heterocycles. The van der Waals surface area contributed by atoms with E-state index in [-0.39, 0.29) is 5.75 Å². The van der Waals surface area contributed by atoms with Gasteiger partial charge in [-0.1, -0.05) is 18.5 Å². The first kappa shape index (κ1) is 11.0. The van der Waals surface area contributed by atoms with Gasteiger partial charge in [-0.15, -0.1) is 0 Å². The van der Waals surface area contributed by atoms with Crippen molar-refractivity contribution in [2.45, 2.75) is 13.3 Å². The fourth-order valence-electron chi connectivity index (χ4n) is 1.05. The van der Waals surface area contributed by atoms with Crippen molar-refractivity contribution < 1.29 is 14.6 Å². The van der Waals surface area contributed by atoms with Crippen LogP contribution in [0.3, 0.4) is 0 Å². The molecule has 78 valence electrons. The first-order valence-corrected chi connectivity index (χ1v) is 4.76.